The molecule has 0 spiro atoms. The fourth-order valence-electron chi connectivity index (χ4n) is 0.587. The summed E-state index contributed by atoms with van der Waals surface area (Å²) < 4.78 is 0. The topological polar surface area (TPSA) is 25.2 Å². The van der Waals surface area contributed by atoms with Gasteiger partial charge in [-0.1, -0.05) is 0 Å². The molecule has 52 valence electrons. The van der Waals surface area contributed by atoms with Crippen molar-refractivity contribution in [3.63, 3.8) is 0 Å². The number of thiol groups is 1. The molecule has 0 aromatic carbocycles. The Morgan fingerprint density at radius 1 is 1.60 bits per heavy atom. The van der Waals surface area contributed by atoms with Crippen molar-refractivity contribution >= 4 is 24.7 Å². The number of rotatable bonds is 1. The first-order valence-corrected chi connectivity index (χ1v) is 3.41. The SMILES string of the molecule is CC=Nc1ccc(S)cn1. The summed E-state index contributed by atoms with van der Waals surface area (Å²) in [5, 5.41) is 0. The number of aromatic nitrogens is 1. The van der Waals surface area contributed by atoms with Gasteiger partial charge in [-0.05, 0) is 19.1 Å². The van der Waals surface area contributed by atoms with Gasteiger partial charge in [-0.15, -0.1) is 12.6 Å². The Kier molecular flexibility index (Phi) is 2.45. The second-order valence-corrected chi connectivity index (χ2v) is 2.28. The molecule has 0 radical (unpaired) electrons. The predicted octanol–water partition coefficient (Wildman–Crippen LogP) is 2.09. The highest BCUT2D eigenvalue weighted by atomic mass is 32.1. The lowest BCUT2D eigenvalue weighted by Gasteiger charge is -1.90. The van der Waals surface area contributed by atoms with E-state index in [-0.39, 0.29) is 0 Å². The maximum absolute atomic E-state index is 4.09. The van der Waals surface area contributed by atoms with Crippen LogP contribution in [-0.2, 0) is 0 Å². The highest BCUT2D eigenvalue weighted by Gasteiger charge is 1.86. The Morgan fingerprint density at radius 2 is 2.40 bits per heavy atom. The summed E-state index contributed by atoms with van der Waals surface area (Å²) in [4.78, 5) is 8.83. The van der Waals surface area contributed by atoms with Gasteiger partial charge in [0.1, 0.15) is 0 Å². The second-order valence-electron chi connectivity index (χ2n) is 1.76. The molecule has 0 saturated carbocycles. The van der Waals surface area contributed by atoms with Gasteiger partial charge in [-0.2, -0.15) is 0 Å². The lowest BCUT2D eigenvalue weighted by Crippen LogP contribution is -1.72. The minimum Gasteiger partial charge on any atom is -0.242 e. The molecule has 3 heteroatoms. The molecule has 0 saturated heterocycles. The molecule has 1 heterocycles. The molecule has 0 amide bonds. The third kappa shape index (κ3) is 1.84. The van der Waals surface area contributed by atoms with Crippen LogP contribution < -0.4 is 0 Å². The zero-order valence-corrected chi connectivity index (χ0v) is 6.55. The minimum absolute atomic E-state index is 0.723. The zero-order chi connectivity index (χ0) is 7.40. The average molecular weight is 152 g/mol. The fraction of sp³-hybridized carbons (Fsp3) is 0.143. The summed E-state index contributed by atoms with van der Waals surface area (Å²) in [5.74, 6) is 0.723. The van der Waals surface area contributed by atoms with E-state index >= 15 is 0 Å². The highest BCUT2D eigenvalue weighted by molar-refractivity contribution is 7.80. The third-order valence-corrected chi connectivity index (χ3v) is 1.26. The standard InChI is InChI=1S/C7H8N2S/c1-2-8-7-4-3-6(10)5-9-7/h2-5,10H,1H3. The molecule has 1 aromatic heterocycles. The van der Waals surface area contributed by atoms with Crippen molar-refractivity contribution in [2.75, 3.05) is 0 Å². The maximum Gasteiger partial charge on any atom is 0.151 e. The van der Waals surface area contributed by atoms with Gasteiger partial charge in [0.05, 0.1) is 0 Å². The summed E-state index contributed by atoms with van der Waals surface area (Å²) in [5.41, 5.74) is 0. The van der Waals surface area contributed by atoms with Crippen LogP contribution in [0, 0.1) is 0 Å². The maximum atomic E-state index is 4.09. The van der Waals surface area contributed by atoms with Crippen molar-refractivity contribution in [1.82, 2.24) is 4.98 Å². The van der Waals surface area contributed by atoms with Crippen molar-refractivity contribution in [3.8, 4) is 0 Å². The van der Waals surface area contributed by atoms with E-state index < -0.39 is 0 Å². The van der Waals surface area contributed by atoms with Gasteiger partial charge in [-0.25, -0.2) is 9.98 Å². The van der Waals surface area contributed by atoms with Crippen molar-refractivity contribution in [3.05, 3.63) is 18.3 Å². The van der Waals surface area contributed by atoms with Crippen LogP contribution in [0.3, 0.4) is 0 Å². The van der Waals surface area contributed by atoms with Gasteiger partial charge in [0.2, 0.25) is 0 Å². The first-order valence-electron chi connectivity index (χ1n) is 2.96. The van der Waals surface area contributed by atoms with E-state index in [0.717, 1.165) is 10.7 Å². The fourth-order valence-corrected chi connectivity index (χ4v) is 0.719. The summed E-state index contributed by atoms with van der Waals surface area (Å²) in [7, 11) is 0. The smallest absolute Gasteiger partial charge is 0.151 e. The summed E-state index contributed by atoms with van der Waals surface area (Å²) in [6.45, 7) is 1.86. The van der Waals surface area contributed by atoms with Crippen LogP contribution in [0.25, 0.3) is 0 Å². The lowest BCUT2D eigenvalue weighted by atomic mass is 10.5. The van der Waals surface area contributed by atoms with Crippen LogP contribution >= 0.6 is 12.6 Å². The van der Waals surface area contributed by atoms with Gasteiger partial charge >= 0.3 is 0 Å². The van der Waals surface area contributed by atoms with E-state index in [4.69, 9.17) is 0 Å². The second kappa shape index (κ2) is 3.37. The minimum atomic E-state index is 0.723. The van der Waals surface area contributed by atoms with Crippen LogP contribution in [-0.4, -0.2) is 11.2 Å². The molecule has 0 atom stereocenters. The normalized spacial score (nSPS) is 10.6. The van der Waals surface area contributed by atoms with E-state index in [0.29, 0.717) is 0 Å². The van der Waals surface area contributed by atoms with E-state index in [2.05, 4.69) is 22.6 Å². The van der Waals surface area contributed by atoms with Gasteiger partial charge in [-0.3, -0.25) is 0 Å². The lowest BCUT2D eigenvalue weighted by molar-refractivity contribution is 1.21. The predicted molar refractivity (Wildman–Crippen MR) is 45.3 cm³/mol. The van der Waals surface area contributed by atoms with Crippen molar-refractivity contribution in [2.45, 2.75) is 11.8 Å². The number of pyridine rings is 1. The number of nitrogens with zero attached hydrogens (tertiary/aromatic N) is 2. The van der Waals surface area contributed by atoms with Crippen LogP contribution in [0.15, 0.2) is 28.2 Å². The molecular formula is C7H8N2S. The Balaban J connectivity index is 2.89. The van der Waals surface area contributed by atoms with Crippen molar-refractivity contribution in [2.24, 2.45) is 4.99 Å². The van der Waals surface area contributed by atoms with E-state index in [1.807, 2.05) is 19.1 Å². The van der Waals surface area contributed by atoms with E-state index in [1.54, 1.807) is 12.4 Å². The molecule has 0 N–H and O–H groups in total. The van der Waals surface area contributed by atoms with Crippen LogP contribution in [0.5, 0.6) is 0 Å². The average Bonchev–Trinajstić information content (AvgIpc) is 1.95. The van der Waals surface area contributed by atoms with Crippen LogP contribution in [0.4, 0.5) is 5.82 Å². The van der Waals surface area contributed by atoms with Crippen LogP contribution in [0.2, 0.25) is 0 Å². The molecule has 0 bridgehead atoms. The molecule has 0 fully saturated rings. The van der Waals surface area contributed by atoms with Gasteiger partial charge in [0.25, 0.3) is 0 Å². The third-order valence-electron chi connectivity index (χ3n) is 0.994. The molecule has 2 nitrogen and oxygen atoms in total. The summed E-state index contributed by atoms with van der Waals surface area (Å²) >= 11 is 4.09. The number of aliphatic imine (C=N–C) groups is 1. The first kappa shape index (κ1) is 7.28. The highest BCUT2D eigenvalue weighted by Crippen LogP contribution is 2.09. The van der Waals surface area contributed by atoms with Gasteiger partial charge in [0.15, 0.2) is 5.82 Å². The summed E-state index contributed by atoms with van der Waals surface area (Å²) in [6.07, 6.45) is 3.38. The molecule has 1 rings (SSSR count). The Hall–Kier alpha value is -0.830. The molecule has 0 aliphatic carbocycles. The molecule has 0 aliphatic rings. The number of hydrogen-bond donors (Lipinski definition) is 1. The first-order chi connectivity index (χ1) is 4.83. The molecule has 1 aromatic rings. The summed E-state index contributed by atoms with van der Waals surface area (Å²) in [6, 6.07) is 3.68. The van der Waals surface area contributed by atoms with Crippen molar-refractivity contribution < 1.29 is 0 Å². The van der Waals surface area contributed by atoms with Crippen LogP contribution in [0.1, 0.15) is 6.92 Å². The van der Waals surface area contributed by atoms with E-state index in [1.165, 1.54) is 0 Å². The number of hydrogen-bond acceptors (Lipinski definition) is 3. The Morgan fingerprint density at radius 3 is 2.90 bits per heavy atom. The largest absolute Gasteiger partial charge is 0.242 e. The Labute approximate surface area is 65.4 Å². The Bertz CT molecular complexity index is 228. The monoisotopic (exact) mass is 152 g/mol. The molecular weight excluding hydrogens is 144 g/mol. The van der Waals surface area contributed by atoms with Gasteiger partial charge < -0.3 is 0 Å². The quantitative estimate of drug-likeness (QED) is 0.484. The molecule has 0 unspecified atom stereocenters. The molecule has 10 heavy (non-hydrogen) atoms. The van der Waals surface area contributed by atoms with Gasteiger partial charge in [0, 0.05) is 17.3 Å². The molecule has 0 aliphatic heterocycles. The van der Waals surface area contributed by atoms with Crippen molar-refractivity contribution in [1.29, 1.82) is 0 Å². The zero-order valence-electron chi connectivity index (χ0n) is 5.65. The van der Waals surface area contributed by atoms with E-state index in [9.17, 15) is 0 Å².